The lowest BCUT2D eigenvalue weighted by atomic mass is 10.2. The number of ether oxygens (including phenoxy) is 1. The van der Waals surface area contributed by atoms with Gasteiger partial charge in [0.2, 0.25) is 0 Å². The van der Waals surface area contributed by atoms with Gasteiger partial charge in [-0.1, -0.05) is 12.1 Å². The molecule has 1 aromatic heterocycles. The van der Waals surface area contributed by atoms with Gasteiger partial charge >= 0.3 is 0 Å². The van der Waals surface area contributed by atoms with Crippen LogP contribution in [0.5, 0.6) is 5.75 Å². The Kier molecular flexibility index (Phi) is 3.60. The SMILES string of the molecule is Cc1cccc(NC(=O)COc2ccc3[nH]ccc3c2)c1. The van der Waals surface area contributed by atoms with Crippen molar-refractivity contribution < 1.29 is 9.53 Å². The van der Waals surface area contributed by atoms with E-state index in [4.69, 9.17) is 4.74 Å². The first kappa shape index (κ1) is 13.2. The van der Waals surface area contributed by atoms with E-state index in [2.05, 4.69) is 10.3 Å². The molecule has 3 rings (SSSR count). The maximum atomic E-state index is 11.9. The van der Waals surface area contributed by atoms with Crippen LogP contribution in [0, 0.1) is 6.92 Å². The Labute approximate surface area is 122 Å². The van der Waals surface area contributed by atoms with Crippen LogP contribution in [0.2, 0.25) is 0 Å². The largest absolute Gasteiger partial charge is 0.484 e. The molecule has 21 heavy (non-hydrogen) atoms. The molecule has 0 unspecified atom stereocenters. The predicted octanol–water partition coefficient (Wildman–Crippen LogP) is 3.49. The van der Waals surface area contributed by atoms with Crippen molar-refractivity contribution in [3.63, 3.8) is 0 Å². The molecule has 0 spiro atoms. The first-order chi connectivity index (χ1) is 10.2. The predicted molar refractivity (Wildman–Crippen MR) is 83.6 cm³/mol. The van der Waals surface area contributed by atoms with Crippen molar-refractivity contribution in [1.29, 1.82) is 0 Å². The molecule has 0 saturated carbocycles. The summed E-state index contributed by atoms with van der Waals surface area (Å²) in [5.41, 5.74) is 2.93. The molecule has 2 N–H and O–H groups in total. The van der Waals surface area contributed by atoms with Gasteiger partial charge in [-0.2, -0.15) is 0 Å². The fraction of sp³-hybridized carbons (Fsp3) is 0.118. The summed E-state index contributed by atoms with van der Waals surface area (Å²) < 4.78 is 5.52. The van der Waals surface area contributed by atoms with Crippen molar-refractivity contribution in [1.82, 2.24) is 4.98 Å². The molecule has 3 aromatic rings. The zero-order valence-corrected chi connectivity index (χ0v) is 11.7. The number of rotatable bonds is 4. The second kappa shape index (κ2) is 5.71. The van der Waals surface area contributed by atoms with E-state index in [1.165, 1.54) is 0 Å². The summed E-state index contributed by atoms with van der Waals surface area (Å²) >= 11 is 0. The molecule has 1 heterocycles. The Balaban J connectivity index is 1.60. The van der Waals surface area contributed by atoms with Crippen LogP contribution in [0.4, 0.5) is 5.69 Å². The highest BCUT2D eigenvalue weighted by Crippen LogP contribution is 2.19. The van der Waals surface area contributed by atoms with E-state index >= 15 is 0 Å². The van der Waals surface area contributed by atoms with Crippen LogP contribution in [0.15, 0.2) is 54.7 Å². The number of carbonyl (C=O) groups excluding carboxylic acids is 1. The summed E-state index contributed by atoms with van der Waals surface area (Å²) in [7, 11) is 0. The van der Waals surface area contributed by atoms with E-state index in [9.17, 15) is 4.79 Å². The summed E-state index contributed by atoms with van der Waals surface area (Å²) in [6, 6.07) is 15.3. The van der Waals surface area contributed by atoms with Gasteiger partial charge in [0.25, 0.3) is 5.91 Å². The van der Waals surface area contributed by atoms with E-state index < -0.39 is 0 Å². The third kappa shape index (κ3) is 3.23. The minimum Gasteiger partial charge on any atom is -0.484 e. The fourth-order valence-corrected chi connectivity index (χ4v) is 2.19. The van der Waals surface area contributed by atoms with Crippen LogP contribution in [-0.4, -0.2) is 17.5 Å². The lowest BCUT2D eigenvalue weighted by molar-refractivity contribution is -0.118. The van der Waals surface area contributed by atoms with Crippen molar-refractivity contribution in [2.45, 2.75) is 6.92 Å². The van der Waals surface area contributed by atoms with Crippen molar-refractivity contribution in [2.75, 3.05) is 11.9 Å². The van der Waals surface area contributed by atoms with Gasteiger partial charge in [-0.15, -0.1) is 0 Å². The molecule has 0 fully saturated rings. The Morgan fingerprint density at radius 1 is 1.19 bits per heavy atom. The van der Waals surface area contributed by atoms with Gasteiger partial charge in [0.1, 0.15) is 5.75 Å². The van der Waals surface area contributed by atoms with Crippen molar-refractivity contribution in [3.8, 4) is 5.75 Å². The van der Waals surface area contributed by atoms with Crippen molar-refractivity contribution >= 4 is 22.5 Å². The normalized spacial score (nSPS) is 10.5. The monoisotopic (exact) mass is 280 g/mol. The van der Waals surface area contributed by atoms with E-state index in [-0.39, 0.29) is 12.5 Å². The van der Waals surface area contributed by atoms with E-state index in [0.29, 0.717) is 5.75 Å². The number of amides is 1. The maximum absolute atomic E-state index is 11.9. The number of fused-ring (bicyclic) bond motifs is 1. The number of aromatic nitrogens is 1. The number of carbonyl (C=O) groups is 1. The van der Waals surface area contributed by atoms with E-state index in [1.807, 2.05) is 61.7 Å². The quantitative estimate of drug-likeness (QED) is 0.768. The standard InChI is InChI=1S/C17H16N2O2/c1-12-3-2-4-14(9-12)19-17(20)11-21-15-5-6-16-13(10-15)7-8-18-16/h2-10,18H,11H2,1H3,(H,19,20). The number of nitrogens with one attached hydrogen (secondary N) is 2. The number of hydrogen-bond donors (Lipinski definition) is 2. The lowest BCUT2D eigenvalue weighted by Gasteiger charge is -2.08. The zero-order chi connectivity index (χ0) is 14.7. The minimum atomic E-state index is -0.172. The number of hydrogen-bond acceptors (Lipinski definition) is 2. The topological polar surface area (TPSA) is 54.1 Å². The lowest BCUT2D eigenvalue weighted by Crippen LogP contribution is -2.20. The molecule has 0 aliphatic carbocycles. The van der Waals surface area contributed by atoms with Gasteiger partial charge in [0.15, 0.2) is 6.61 Å². The average Bonchev–Trinajstić information content (AvgIpc) is 2.92. The second-order valence-electron chi connectivity index (χ2n) is 4.93. The van der Waals surface area contributed by atoms with Crippen LogP contribution in [0.1, 0.15) is 5.56 Å². The highest BCUT2D eigenvalue weighted by atomic mass is 16.5. The van der Waals surface area contributed by atoms with Gasteiger partial charge in [-0.25, -0.2) is 0 Å². The molecule has 0 saturated heterocycles. The molecule has 4 nitrogen and oxygen atoms in total. The molecule has 0 bridgehead atoms. The zero-order valence-electron chi connectivity index (χ0n) is 11.7. The van der Waals surface area contributed by atoms with Gasteiger partial charge in [0, 0.05) is 22.8 Å². The smallest absolute Gasteiger partial charge is 0.262 e. The summed E-state index contributed by atoms with van der Waals surface area (Å²) in [5.74, 6) is 0.510. The minimum absolute atomic E-state index is 0.0100. The highest BCUT2D eigenvalue weighted by molar-refractivity contribution is 5.92. The first-order valence-corrected chi connectivity index (χ1v) is 6.77. The van der Waals surface area contributed by atoms with Crippen LogP contribution < -0.4 is 10.1 Å². The Morgan fingerprint density at radius 3 is 2.95 bits per heavy atom. The summed E-state index contributed by atoms with van der Waals surface area (Å²) in [5, 5.41) is 3.88. The molecular formula is C17H16N2O2. The molecule has 0 radical (unpaired) electrons. The number of aromatic amines is 1. The highest BCUT2D eigenvalue weighted by Gasteiger charge is 2.04. The summed E-state index contributed by atoms with van der Waals surface area (Å²) in [4.78, 5) is 15.0. The van der Waals surface area contributed by atoms with Crippen LogP contribution in [0.25, 0.3) is 10.9 Å². The van der Waals surface area contributed by atoms with Gasteiger partial charge in [-0.05, 0) is 48.9 Å². The third-order valence-corrected chi connectivity index (χ3v) is 3.20. The molecular weight excluding hydrogens is 264 g/mol. The maximum Gasteiger partial charge on any atom is 0.262 e. The molecule has 0 aliphatic heterocycles. The van der Waals surface area contributed by atoms with Crippen LogP contribution in [0.3, 0.4) is 0 Å². The fourth-order valence-electron chi connectivity index (χ4n) is 2.19. The van der Waals surface area contributed by atoms with E-state index in [0.717, 1.165) is 22.2 Å². The summed E-state index contributed by atoms with van der Waals surface area (Å²) in [6.07, 6.45) is 1.87. The van der Waals surface area contributed by atoms with Crippen molar-refractivity contribution in [2.24, 2.45) is 0 Å². The molecule has 0 aliphatic rings. The van der Waals surface area contributed by atoms with E-state index in [1.54, 1.807) is 0 Å². The molecule has 1 amide bonds. The average molecular weight is 280 g/mol. The molecule has 0 atom stereocenters. The van der Waals surface area contributed by atoms with Crippen LogP contribution >= 0.6 is 0 Å². The first-order valence-electron chi connectivity index (χ1n) is 6.77. The molecule has 106 valence electrons. The Hall–Kier alpha value is -2.75. The van der Waals surface area contributed by atoms with Crippen molar-refractivity contribution in [3.05, 3.63) is 60.3 Å². The number of H-pyrrole nitrogens is 1. The van der Waals surface area contributed by atoms with Gasteiger partial charge in [-0.3, -0.25) is 4.79 Å². The Morgan fingerprint density at radius 2 is 2.10 bits per heavy atom. The number of benzene rings is 2. The van der Waals surface area contributed by atoms with Gasteiger partial charge < -0.3 is 15.0 Å². The number of aryl methyl sites for hydroxylation is 1. The van der Waals surface area contributed by atoms with Crippen LogP contribution in [-0.2, 0) is 4.79 Å². The second-order valence-corrected chi connectivity index (χ2v) is 4.93. The molecule has 2 aromatic carbocycles. The van der Waals surface area contributed by atoms with Gasteiger partial charge in [0.05, 0.1) is 0 Å². The third-order valence-electron chi connectivity index (χ3n) is 3.20. The number of anilines is 1. The Bertz CT molecular complexity index is 777. The summed E-state index contributed by atoms with van der Waals surface area (Å²) in [6.45, 7) is 1.97. The molecule has 4 heteroatoms.